The first-order chi connectivity index (χ1) is 17.3. The second-order valence-corrected chi connectivity index (χ2v) is 11.2. The molecule has 1 aromatic rings. The van der Waals surface area contributed by atoms with Crippen LogP contribution in [0.25, 0.3) is 0 Å². The van der Waals surface area contributed by atoms with Crippen LogP contribution in [0.4, 0.5) is 4.79 Å². The number of nitrogens with one attached hydrogen (secondary N) is 2. The summed E-state index contributed by atoms with van der Waals surface area (Å²) in [6.07, 6.45) is 6.25. The quantitative estimate of drug-likeness (QED) is 0.281. The van der Waals surface area contributed by atoms with Gasteiger partial charge in [0.1, 0.15) is 17.7 Å². The third kappa shape index (κ3) is 11.1. The van der Waals surface area contributed by atoms with Crippen LogP contribution in [0, 0.1) is 13.8 Å². The van der Waals surface area contributed by atoms with E-state index in [1.165, 1.54) is 0 Å². The van der Waals surface area contributed by atoms with Gasteiger partial charge in [0.05, 0.1) is 0 Å². The minimum Gasteiger partial charge on any atom is -0.444 e. The number of carbonyl (C=O) groups excluding carboxylic acids is 3. The van der Waals surface area contributed by atoms with Crippen LogP contribution in [0.2, 0.25) is 0 Å². The second kappa shape index (κ2) is 15.6. The van der Waals surface area contributed by atoms with Gasteiger partial charge in [0.2, 0.25) is 11.8 Å². The highest BCUT2D eigenvalue weighted by Gasteiger charge is 2.36. The zero-order valence-corrected chi connectivity index (χ0v) is 24.7. The van der Waals surface area contributed by atoms with Crippen molar-refractivity contribution in [3.63, 3.8) is 0 Å². The van der Waals surface area contributed by atoms with Crippen molar-refractivity contribution in [3.8, 4) is 0 Å². The fraction of sp³-hybridized carbons (Fsp3) is 0.700. The summed E-state index contributed by atoms with van der Waals surface area (Å²) in [5.41, 5.74) is 2.08. The number of benzene rings is 1. The van der Waals surface area contributed by atoms with Gasteiger partial charge >= 0.3 is 6.09 Å². The molecule has 0 aliphatic rings. The van der Waals surface area contributed by atoms with E-state index in [0.29, 0.717) is 6.54 Å². The average Bonchev–Trinajstić information content (AvgIpc) is 2.77. The number of hydrogen-bond donors (Lipinski definition) is 2. The lowest BCUT2D eigenvalue weighted by Gasteiger charge is -2.35. The van der Waals surface area contributed by atoms with Crippen molar-refractivity contribution >= 4 is 17.9 Å². The van der Waals surface area contributed by atoms with Crippen LogP contribution < -0.4 is 10.6 Å². The molecule has 0 saturated heterocycles. The molecule has 2 N–H and O–H groups in total. The van der Waals surface area contributed by atoms with Gasteiger partial charge in [0.25, 0.3) is 0 Å². The number of hydrogen-bond acceptors (Lipinski definition) is 4. The number of nitrogens with zero attached hydrogens (tertiary/aromatic N) is 1. The predicted octanol–water partition coefficient (Wildman–Crippen LogP) is 6.36. The molecule has 1 aromatic carbocycles. The van der Waals surface area contributed by atoms with E-state index < -0.39 is 23.8 Å². The summed E-state index contributed by atoms with van der Waals surface area (Å²) < 4.78 is 5.37. The Morgan fingerprint density at radius 3 is 2.05 bits per heavy atom. The minimum atomic E-state index is -0.849. The molecule has 0 aliphatic carbocycles. The zero-order chi connectivity index (χ0) is 28.2. The standard InChI is InChI=1S/C30H51N3O4/c1-10-12-13-14-15-20-33(28(35)24(6)32-29(36)37-30(7,8)9)26(27(34)31-23(5)17-11-2)25-21(3)18-16-19-22(25)4/h16,18-19,23-24,26H,10-15,17,20H2,1-9H3,(H,31,34)(H,32,36). The Kier molecular flexibility index (Phi) is 13.7. The number of ether oxygens (including phenoxy) is 1. The van der Waals surface area contributed by atoms with Crippen molar-refractivity contribution < 1.29 is 19.1 Å². The van der Waals surface area contributed by atoms with Gasteiger partial charge in [0.15, 0.2) is 0 Å². The van der Waals surface area contributed by atoms with Gasteiger partial charge in [0, 0.05) is 12.6 Å². The molecule has 0 spiro atoms. The SMILES string of the molecule is CCCCCCCN(C(=O)C(C)NC(=O)OC(C)(C)C)C(C(=O)NC(C)CCC)c1c(C)cccc1C. The van der Waals surface area contributed by atoms with E-state index >= 15 is 0 Å². The smallest absolute Gasteiger partial charge is 0.408 e. The highest BCUT2D eigenvalue weighted by molar-refractivity contribution is 5.92. The fourth-order valence-electron chi connectivity index (χ4n) is 4.56. The number of alkyl carbamates (subject to hydrolysis) is 1. The highest BCUT2D eigenvalue weighted by atomic mass is 16.6. The van der Waals surface area contributed by atoms with Gasteiger partial charge in [-0.1, -0.05) is 64.2 Å². The third-order valence-electron chi connectivity index (χ3n) is 6.38. The molecule has 0 bridgehead atoms. The van der Waals surface area contributed by atoms with Gasteiger partial charge in [-0.2, -0.15) is 0 Å². The van der Waals surface area contributed by atoms with Gasteiger partial charge in [-0.3, -0.25) is 9.59 Å². The van der Waals surface area contributed by atoms with Crippen molar-refractivity contribution in [1.82, 2.24) is 15.5 Å². The number of carbonyl (C=O) groups is 3. The van der Waals surface area contributed by atoms with Gasteiger partial charge < -0.3 is 20.3 Å². The molecule has 3 amide bonds. The van der Waals surface area contributed by atoms with E-state index in [-0.39, 0.29) is 17.9 Å². The Bertz CT molecular complexity index is 858. The summed E-state index contributed by atoms with van der Waals surface area (Å²) >= 11 is 0. The first-order valence-corrected chi connectivity index (χ1v) is 14.0. The van der Waals surface area contributed by atoms with Crippen molar-refractivity contribution in [2.24, 2.45) is 0 Å². The van der Waals surface area contributed by atoms with E-state index in [4.69, 9.17) is 4.74 Å². The van der Waals surface area contributed by atoms with Crippen molar-refractivity contribution in [3.05, 3.63) is 34.9 Å². The van der Waals surface area contributed by atoms with Crippen molar-refractivity contribution in [2.75, 3.05) is 6.54 Å². The van der Waals surface area contributed by atoms with Crippen LogP contribution in [-0.4, -0.2) is 47.0 Å². The number of aryl methyl sites for hydroxylation is 2. The highest BCUT2D eigenvalue weighted by Crippen LogP contribution is 2.29. The molecule has 0 aromatic heterocycles. The molecule has 1 rings (SSSR count). The molecular weight excluding hydrogens is 466 g/mol. The molecule has 7 nitrogen and oxygen atoms in total. The maximum atomic E-state index is 13.9. The van der Waals surface area contributed by atoms with Crippen LogP contribution in [0.3, 0.4) is 0 Å². The maximum absolute atomic E-state index is 13.9. The Morgan fingerprint density at radius 1 is 0.919 bits per heavy atom. The normalized spacial score (nSPS) is 13.9. The maximum Gasteiger partial charge on any atom is 0.408 e. The van der Waals surface area contributed by atoms with Crippen LogP contribution in [0.1, 0.15) is 116 Å². The summed E-state index contributed by atoms with van der Waals surface area (Å²) in [6, 6.07) is 4.27. The molecule has 0 radical (unpaired) electrons. The van der Waals surface area contributed by atoms with Gasteiger partial charge in [-0.05, 0) is 78.0 Å². The second-order valence-electron chi connectivity index (χ2n) is 11.2. The van der Waals surface area contributed by atoms with Crippen LogP contribution >= 0.6 is 0 Å². The van der Waals surface area contributed by atoms with E-state index in [1.54, 1.807) is 32.6 Å². The largest absolute Gasteiger partial charge is 0.444 e. The Morgan fingerprint density at radius 2 is 1.51 bits per heavy atom. The first-order valence-electron chi connectivity index (χ1n) is 14.0. The molecular formula is C30H51N3O4. The fourth-order valence-corrected chi connectivity index (χ4v) is 4.56. The zero-order valence-electron chi connectivity index (χ0n) is 24.7. The lowest BCUT2D eigenvalue weighted by molar-refractivity contribution is -0.142. The molecule has 0 fully saturated rings. The van der Waals surface area contributed by atoms with Crippen molar-refractivity contribution in [2.45, 2.75) is 131 Å². The van der Waals surface area contributed by atoms with Crippen LogP contribution in [-0.2, 0) is 14.3 Å². The molecule has 37 heavy (non-hydrogen) atoms. The summed E-state index contributed by atoms with van der Waals surface area (Å²) in [6.45, 7) is 17.6. The molecule has 0 saturated carbocycles. The minimum absolute atomic E-state index is 0.0110. The van der Waals surface area contributed by atoms with Gasteiger partial charge in [-0.25, -0.2) is 4.79 Å². The van der Waals surface area contributed by atoms with E-state index in [1.807, 2.05) is 39.0 Å². The lowest BCUT2D eigenvalue weighted by atomic mass is 9.93. The first kappa shape index (κ1) is 32.5. The van der Waals surface area contributed by atoms with Crippen LogP contribution in [0.15, 0.2) is 18.2 Å². The van der Waals surface area contributed by atoms with Crippen LogP contribution in [0.5, 0.6) is 0 Å². The molecule has 3 atom stereocenters. The van der Waals surface area contributed by atoms with Crippen molar-refractivity contribution in [1.29, 1.82) is 0 Å². The topological polar surface area (TPSA) is 87.7 Å². The Balaban J connectivity index is 3.41. The molecule has 0 aliphatic heterocycles. The average molecular weight is 518 g/mol. The molecule has 3 unspecified atom stereocenters. The monoisotopic (exact) mass is 517 g/mol. The van der Waals surface area contributed by atoms with E-state index in [2.05, 4.69) is 24.5 Å². The van der Waals surface area contributed by atoms with E-state index in [9.17, 15) is 14.4 Å². The Hall–Kier alpha value is -2.57. The summed E-state index contributed by atoms with van der Waals surface area (Å²) in [4.78, 5) is 41.8. The molecule has 210 valence electrons. The van der Waals surface area contributed by atoms with E-state index in [0.717, 1.165) is 61.6 Å². The molecule has 0 heterocycles. The number of rotatable bonds is 14. The molecule has 7 heteroatoms. The predicted molar refractivity (Wildman–Crippen MR) is 150 cm³/mol. The number of unbranched alkanes of at least 4 members (excludes halogenated alkanes) is 4. The number of amides is 3. The summed E-state index contributed by atoms with van der Waals surface area (Å²) in [7, 11) is 0. The summed E-state index contributed by atoms with van der Waals surface area (Å²) in [5.74, 6) is -0.489. The lowest BCUT2D eigenvalue weighted by Crippen LogP contribution is -2.53. The Labute approximate surface area is 225 Å². The summed E-state index contributed by atoms with van der Waals surface area (Å²) in [5, 5.41) is 5.82. The third-order valence-corrected chi connectivity index (χ3v) is 6.38. The van der Waals surface area contributed by atoms with Gasteiger partial charge in [-0.15, -0.1) is 0 Å².